The second-order valence-electron chi connectivity index (χ2n) is 20.2. The number of rotatable bonds is 23. The number of hydrogen-bond donors (Lipinski definition) is 3. The van der Waals surface area contributed by atoms with Gasteiger partial charge in [-0.15, -0.1) is 0 Å². The van der Waals surface area contributed by atoms with Crippen LogP contribution < -0.4 is 5.32 Å². The van der Waals surface area contributed by atoms with Crippen molar-refractivity contribution in [1.29, 1.82) is 0 Å². The normalized spacial score (nSPS) is 33.2. The van der Waals surface area contributed by atoms with Crippen LogP contribution in [0.3, 0.4) is 0 Å². The van der Waals surface area contributed by atoms with Crippen LogP contribution in [-0.4, -0.2) is 161 Å². The zero-order valence-corrected chi connectivity index (χ0v) is 40.5. The largest absolute Gasteiger partial charge is 0.498 e. The molecule has 16 nitrogen and oxygen atoms in total. The van der Waals surface area contributed by atoms with Gasteiger partial charge in [-0.1, -0.05) is 45.1 Å². The van der Waals surface area contributed by atoms with Crippen molar-refractivity contribution in [2.75, 3.05) is 80.2 Å². The Morgan fingerprint density at radius 3 is 2.18 bits per heavy atom. The topological polar surface area (TPSA) is 179 Å². The summed E-state index contributed by atoms with van der Waals surface area (Å²) < 4.78 is 48.4. The number of amides is 2. The smallest absolute Gasteiger partial charge is 0.233 e. The predicted molar refractivity (Wildman–Crippen MR) is 249 cm³/mol. The molecule has 2 unspecified atom stereocenters. The molecule has 0 radical (unpaired) electrons. The van der Waals surface area contributed by atoms with Crippen molar-refractivity contribution >= 4 is 18.2 Å². The molecule has 0 bridgehead atoms. The molecular weight excluding hydrogens is 861 g/mol. The number of nitrogens with zero attached hydrogens (tertiary/aromatic N) is 3. The number of methoxy groups -OCH3 is 2. The van der Waals surface area contributed by atoms with E-state index >= 15 is 0 Å². The molecule has 0 aromatic heterocycles. The molecule has 0 aromatic carbocycles. The Morgan fingerprint density at radius 1 is 0.746 bits per heavy atom. The fourth-order valence-corrected chi connectivity index (χ4v) is 12.5. The Balaban J connectivity index is 0.874. The summed E-state index contributed by atoms with van der Waals surface area (Å²) in [4.78, 5) is 37.5. The van der Waals surface area contributed by atoms with Gasteiger partial charge in [-0.2, -0.15) is 0 Å². The predicted octanol–water partition coefficient (Wildman–Crippen LogP) is 5.37. The van der Waals surface area contributed by atoms with E-state index in [4.69, 9.17) is 53.1 Å². The average molecular weight is 941 g/mol. The third kappa shape index (κ3) is 12.6. The Kier molecular flexibility index (Phi) is 18.4. The molecular formula is C51H80N4O12. The van der Waals surface area contributed by atoms with Crippen LogP contribution in [0.1, 0.15) is 116 Å². The maximum absolute atomic E-state index is 14.3. The van der Waals surface area contributed by atoms with Gasteiger partial charge in [0.1, 0.15) is 29.6 Å². The van der Waals surface area contributed by atoms with Gasteiger partial charge in [-0.25, -0.2) is 0 Å². The molecule has 3 aliphatic heterocycles. The number of aliphatic hydroxyl groups excluding tert-OH is 1. The second kappa shape index (κ2) is 24.5. The van der Waals surface area contributed by atoms with E-state index in [9.17, 15) is 9.59 Å². The first-order valence-electron chi connectivity index (χ1n) is 25.8. The summed E-state index contributed by atoms with van der Waals surface area (Å²) in [5.74, 6) is 4.41. The second-order valence-corrected chi connectivity index (χ2v) is 20.2. The molecule has 376 valence electrons. The van der Waals surface area contributed by atoms with Crippen molar-refractivity contribution in [2.45, 2.75) is 159 Å². The first-order valence-corrected chi connectivity index (χ1v) is 25.8. The summed E-state index contributed by atoms with van der Waals surface area (Å²) in [7, 11) is 3.36. The number of hydrogen-bond acceptors (Lipinski definition) is 14. The van der Waals surface area contributed by atoms with Crippen LogP contribution in [0.25, 0.3) is 0 Å². The monoisotopic (exact) mass is 941 g/mol. The van der Waals surface area contributed by atoms with E-state index in [-0.39, 0.29) is 72.9 Å². The van der Waals surface area contributed by atoms with Crippen LogP contribution in [0.2, 0.25) is 0 Å². The first kappa shape index (κ1) is 50.1. The zero-order chi connectivity index (χ0) is 46.7. The Hall–Kier alpha value is -3.25. The molecule has 2 saturated carbocycles. The van der Waals surface area contributed by atoms with Crippen molar-refractivity contribution in [3.8, 4) is 0 Å². The number of allylic oxidation sites excluding steroid dienone is 2. The number of aliphatic hydroxyl groups is 2. The van der Waals surface area contributed by atoms with E-state index in [1.807, 2.05) is 11.2 Å². The first-order chi connectivity index (χ1) is 32.7. The van der Waals surface area contributed by atoms with Crippen LogP contribution in [0.5, 0.6) is 0 Å². The van der Waals surface area contributed by atoms with E-state index in [0.29, 0.717) is 96.4 Å². The Morgan fingerprint density at radius 2 is 1.43 bits per heavy atom. The molecule has 2 amide bonds. The summed E-state index contributed by atoms with van der Waals surface area (Å²) >= 11 is 0. The van der Waals surface area contributed by atoms with Crippen molar-refractivity contribution in [3.63, 3.8) is 0 Å². The van der Waals surface area contributed by atoms with Gasteiger partial charge >= 0.3 is 0 Å². The number of carbonyl (C=O) groups excluding carboxylic acids is 2. The number of fused-ring (bicyclic) bond motifs is 5. The summed E-state index contributed by atoms with van der Waals surface area (Å²) in [5, 5.41) is 21.7. The SMILES string of the molecule is CCC1CCCC[C@@H]1N1C=NC2CC(OCC3=C[C@@H](OCCOCCOCCOCCC(O)O)C[C@@H](COC4=C(OC)C[C@@H]5C(=O)N6[C@H](CN[C@@H]5C4)C[C@H]4CCCC[C@H]46)C3)=C(OC)C[C@H]2C1=O. The van der Waals surface area contributed by atoms with Gasteiger partial charge in [0.25, 0.3) is 0 Å². The van der Waals surface area contributed by atoms with Crippen molar-refractivity contribution in [2.24, 2.45) is 34.6 Å². The standard InChI is InChI=1S/C51H80N4O12/c1-4-35-9-5-7-11-43(35)54-32-53-42-28-48(45(60-2)25-39(42)50(54)58)67-31-34-21-33(22-38(23-34)65-20-19-64-18-17-63-16-15-62-14-13-49(56)57)30-66-47-27-41-40(26-46(47)61-3)51(59)55-37(29-52-41)24-36-10-6-8-12-44(36)55/h23,32-33,35-44,49,52,56-57H,4-22,24-31H2,1-3H3/t33-,35?,36+,37-,38-,39+,40-,41+,42?,43-,44+/m0/s1. The summed E-state index contributed by atoms with van der Waals surface area (Å²) in [5.41, 5.74) is 1.11. The molecule has 0 spiro atoms. The lowest BCUT2D eigenvalue weighted by Crippen LogP contribution is -2.53. The van der Waals surface area contributed by atoms with Gasteiger partial charge in [0, 0.05) is 62.8 Å². The number of nitrogens with one attached hydrogen (secondary N) is 1. The average Bonchev–Trinajstić information content (AvgIpc) is 3.66. The maximum Gasteiger partial charge on any atom is 0.233 e. The molecule has 4 fully saturated rings. The highest BCUT2D eigenvalue weighted by Crippen LogP contribution is 2.45. The lowest BCUT2D eigenvalue weighted by molar-refractivity contribution is -0.139. The van der Waals surface area contributed by atoms with E-state index in [0.717, 1.165) is 86.5 Å². The molecule has 0 aromatic rings. The maximum atomic E-state index is 14.3. The highest BCUT2D eigenvalue weighted by atomic mass is 16.6. The van der Waals surface area contributed by atoms with Crippen molar-refractivity contribution in [1.82, 2.24) is 15.1 Å². The molecule has 2 saturated heterocycles. The van der Waals surface area contributed by atoms with Crippen molar-refractivity contribution in [3.05, 3.63) is 34.7 Å². The van der Waals surface area contributed by atoms with Gasteiger partial charge in [-0.3, -0.25) is 19.5 Å². The fourth-order valence-electron chi connectivity index (χ4n) is 12.5. The van der Waals surface area contributed by atoms with Gasteiger partial charge in [0.15, 0.2) is 6.29 Å². The number of carbonyl (C=O) groups is 2. The van der Waals surface area contributed by atoms with Crippen LogP contribution >= 0.6 is 0 Å². The minimum Gasteiger partial charge on any atom is -0.498 e. The molecule has 3 N–H and O–H groups in total. The third-order valence-electron chi connectivity index (χ3n) is 16.0. The molecule has 5 aliphatic carbocycles. The fraction of sp³-hybridized carbons (Fsp3) is 0.824. The molecule has 8 aliphatic rings. The van der Waals surface area contributed by atoms with Crippen LogP contribution in [0.4, 0.5) is 0 Å². The lowest BCUT2D eigenvalue weighted by atomic mass is 9.79. The van der Waals surface area contributed by atoms with Crippen LogP contribution in [0.15, 0.2) is 39.7 Å². The molecule has 16 heteroatoms. The van der Waals surface area contributed by atoms with Crippen LogP contribution in [-0.2, 0) is 47.5 Å². The summed E-state index contributed by atoms with van der Waals surface area (Å²) in [6.45, 7) is 6.58. The molecule has 8 rings (SSSR count). The quantitative estimate of drug-likeness (QED) is 0.0678. The van der Waals surface area contributed by atoms with E-state index in [2.05, 4.69) is 23.2 Å². The minimum atomic E-state index is -1.36. The van der Waals surface area contributed by atoms with Gasteiger partial charge in [0.2, 0.25) is 11.8 Å². The summed E-state index contributed by atoms with van der Waals surface area (Å²) in [6.07, 6.45) is 17.9. The Bertz CT molecular complexity index is 1770. The van der Waals surface area contributed by atoms with E-state index < -0.39 is 6.29 Å². The molecule has 11 atom stereocenters. The van der Waals surface area contributed by atoms with E-state index in [1.165, 1.54) is 25.7 Å². The lowest BCUT2D eigenvalue weighted by Gasteiger charge is -2.43. The Labute approximate surface area is 398 Å². The van der Waals surface area contributed by atoms with Gasteiger partial charge < -0.3 is 58.3 Å². The zero-order valence-electron chi connectivity index (χ0n) is 40.5. The number of ether oxygens (including phenoxy) is 8. The van der Waals surface area contributed by atoms with Crippen molar-refractivity contribution < 1.29 is 57.7 Å². The minimum absolute atomic E-state index is 0.0108. The van der Waals surface area contributed by atoms with Crippen LogP contribution in [0, 0.1) is 29.6 Å². The molecule has 3 heterocycles. The highest BCUT2D eigenvalue weighted by molar-refractivity contribution is 5.92. The van der Waals surface area contributed by atoms with Gasteiger partial charge in [0.05, 0.1) is 97.4 Å². The number of aliphatic imine (C=N–C) groups is 1. The van der Waals surface area contributed by atoms with E-state index in [1.54, 1.807) is 14.2 Å². The van der Waals surface area contributed by atoms with Gasteiger partial charge in [-0.05, 0) is 68.3 Å². The molecule has 67 heavy (non-hydrogen) atoms. The highest BCUT2D eigenvalue weighted by Gasteiger charge is 2.51. The third-order valence-corrected chi connectivity index (χ3v) is 16.0. The summed E-state index contributed by atoms with van der Waals surface area (Å²) in [6, 6.07) is 0.705.